The summed E-state index contributed by atoms with van der Waals surface area (Å²) in [6.45, 7) is 0. The maximum absolute atomic E-state index is 5.43. The minimum absolute atomic E-state index is 0.0709. The molecular weight excluding hydrogens is 1020 g/mol. The van der Waals surface area contributed by atoms with E-state index < -0.39 is 0 Å². The molecule has 0 spiro atoms. The first kappa shape index (κ1) is 49.5. The van der Waals surface area contributed by atoms with Gasteiger partial charge in [0.25, 0.3) is 0 Å². The minimum Gasteiger partial charge on any atom is -0.292 e. The molecule has 0 saturated heterocycles. The molecule has 7 aliphatic rings. The van der Waals surface area contributed by atoms with E-state index in [9.17, 15) is 0 Å². The van der Waals surface area contributed by atoms with Gasteiger partial charge in [-0.15, -0.1) is 0 Å². The fourth-order valence-corrected chi connectivity index (χ4v) is 15.0. The first-order chi connectivity index (χ1) is 42.1. The average molecular weight is 1090 g/mol. The molecule has 1 heterocycles. The molecule has 0 N–H and O–H groups in total. The topological polar surface area (TPSA) is 17.8 Å². The monoisotopic (exact) mass is 1080 g/mol. The highest BCUT2D eigenvalue weighted by Gasteiger charge is 2.36. The van der Waals surface area contributed by atoms with Crippen LogP contribution in [0.25, 0.3) is 100 Å². The molecule has 0 saturated carbocycles. The summed E-state index contributed by atoms with van der Waals surface area (Å²) >= 11 is 0. The lowest BCUT2D eigenvalue weighted by Gasteiger charge is -2.37. The molecule has 0 aliphatic heterocycles. The van der Waals surface area contributed by atoms with Crippen LogP contribution in [-0.2, 0) is 6.42 Å². The Kier molecular flexibility index (Phi) is 11.8. The Hall–Kier alpha value is -10.2. The van der Waals surface area contributed by atoms with Crippen molar-refractivity contribution in [2.45, 2.75) is 31.6 Å². The van der Waals surface area contributed by atoms with E-state index in [1.807, 2.05) is 0 Å². The second-order valence-corrected chi connectivity index (χ2v) is 23.8. The zero-order valence-corrected chi connectivity index (χ0v) is 47.2. The number of aromatic nitrogens is 2. The molecule has 0 bridgehead atoms. The van der Waals surface area contributed by atoms with Crippen LogP contribution in [0.2, 0.25) is 0 Å². The Balaban J connectivity index is 0.799. The molecule has 9 aromatic carbocycles. The van der Waals surface area contributed by atoms with E-state index in [0.29, 0.717) is 11.8 Å². The fraction of sp³-hybridized carbons (Fsp3) is 0.0964. The van der Waals surface area contributed by atoms with Gasteiger partial charge in [0.05, 0.1) is 17.1 Å². The first-order valence-electron chi connectivity index (χ1n) is 30.4. The number of hydrogen-bond acceptors (Lipinski definition) is 1. The number of hydrogen-bond donors (Lipinski definition) is 0. The van der Waals surface area contributed by atoms with Crippen LogP contribution in [0.4, 0.5) is 0 Å². The molecule has 0 amide bonds. The van der Waals surface area contributed by atoms with Crippen molar-refractivity contribution in [1.82, 2.24) is 9.55 Å². The summed E-state index contributed by atoms with van der Waals surface area (Å²) < 4.78 is 2.43. The summed E-state index contributed by atoms with van der Waals surface area (Å²) in [4.78, 5) is 5.43. The summed E-state index contributed by atoms with van der Waals surface area (Å²) in [5, 5.41) is 7.53. The molecule has 2 nitrogen and oxygen atoms in total. The van der Waals surface area contributed by atoms with E-state index in [2.05, 4.69) is 296 Å². The average Bonchev–Trinajstić information content (AvgIpc) is 1.74. The molecule has 0 radical (unpaired) electrons. The van der Waals surface area contributed by atoms with Crippen molar-refractivity contribution in [3.63, 3.8) is 0 Å². The van der Waals surface area contributed by atoms with Crippen LogP contribution in [0.15, 0.2) is 302 Å². The smallest absolute Gasteiger partial charge is 0.145 e. The number of allylic oxidation sites excluding steroid dienone is 22. The molecule has 4 unspecified atom stereocenters. The van der Waals surface area contributed by atoms with Crippen molar-refractivity contribution in [3.05, 3.63) is 341 Å². The third kappa shape index (κ3) is 8.34. The van der Waals surface area contributed by atoms with E-state index >= 15 is 0 Å². The van der Waals surface area contributed by atoms with E-state index in [0.717, 1.165) is 37.1 Å². The number of imidazole rings is 1. The molecule has 1 aromatic heterocycles. The van der Waals surface area contributed by atoms with Crippen molar-refractivity contribution >= 4 is 55.2 Å². The normalized spacial score (nSPS) is 19.7. The molecule has 4 atom stereocenters. The van der Waals surface area contributed by atoms with Crippen molar-refractivity contribution < 1.29 is 0 Å². The molecule has 0 fully saturated rings. The standard InChI is InChI=1S/C83H60N2/c1-3-19-62-50-64(46-36-53(62)16-1)55-32-38-58(39-33-55)80-68-23-7-10-26-71(68)81(60-40-34-56(35-41-60)65-47-37-54-17-2-4-20-63(54)51-65)75-52-66(48-49-74(75)80)82-72-27-11-8-24-69(72)79(70-25-9-12-28-73(70)82)59-42-44-61(45-43-59)83-84-76-29-13-14-30-78(76)85(83)77-31-15-21-57-18-5-6-22-67(57)77/h1-12,14-17,19-28,30-35,37-53,57,72,82H,13,18,29,36H2. The van der Waals surface area contributed by atoms with Crippen LogP contribution in [0, 0.1) is 17.8 Å². The molecule has 10 aromatic rings. The van der Waals surface area contributed by atoms with Gasteiger partial charge in [0.15, 0.2) is 0 Å². The van der Waals surface area contributed by atoms with Crippen molar-refractivity contribution in [1.29, 1.82) is 0 Å². The van der Waals surface area contributed by atoms with Gasteiger partial charge in [-0.3, -0.25) is 4.57 Å². The Morgan fingerprint density at radius 3 is 2.02 bits per heavy atom. The van der Waals surface area contributed by atoms with Gasteiger partial charge in [0.2, 0.25) is 0 Å². The molecular formula is C83H60N2. The maximum Gasteiger partial charge on any atom is 0.145 e. The maximum atomic E-state index is 5.43. The van der Waals surface area contributed by atoms with E-state index in [4.69, 9.17) is 4.98 Å². The van der Waals surface area contributed by atoms with Crippen LogP contribution >= 0.6 is 0 Å². The Morgan fingerprint density at radius 2 is 1.16 bits per heavy atom. The second-order valence-electron chi connectivity index (χ2n) is 23.8. The molecule has 7 aliphatic carbocycles. The molecule has 402 valence electrons. The lowest BCUT2D eigenvalue weighted by atomic mass is 9.66. The van der Waals surface area contributed by atoms with Gasteiger partial charge in [-0.05, 0) is 171 Å². The highest BCUT2D eigenvalue weighted by atomic mass is 15.1. The number of nitrogens with zero attached hydrogens (tertiary/aromatic N) is 2. The van der Waals surface area contributed by atoms with Crippen LogP contribution in [0.5, 0.6) is 0 Å². The molecule has 2 heteroatoms. The number of rotatable bonds is 8. The van der Waals surface area contributed by atoms with E-state index in [-0.39, 0.29) is 11.8 Å². The van der Waals surface area contributed by atoms with Gasteiger partial charge >= 0.3 is 0 Å². The van der Waals surface area contributed by atoms with Crippen LogP contribution in [-0.4, -0.2) is 9.55 Å². The van der Waals surface area contributed by atoms with Gasteiger partial charge in [-0.25, -0.2) is 4.98 Å². The SMILES string of the molecule is C1=CCC2C=CC=C(n3c(-c4ccc(C5=C6C=CC=CC6C(c6ccc7c(-c8ccc(C9=CCC%10C=CC=CC%10=C9)cc8)c8ccccc8c(-c8ccc(-c9ccc%10ccccc%10c9)cc8)c7c6)c6ccccc65)cc4)nc4c3C=CCC4)C2=C1. The summed E-state index contributed by atoms with van der Waals surface area (Å²) in [5.41, 5.74) is 25.2. The predicted molar refractivity (Wildman–Crippen MR) is 358 cm³/mol. The summed E-state index contributed by atoms with van der Waals surface area (Å²) in [6.07, 6.45) is 45.3. The van der Waals surface area contributed by atoms with Gasteiger partial charge in [-0.2, -0.15) is 0 Å². The number of aryl methyl sites for hydroxylation is 1. The zero-order valence-electron chi connectivity index (χ0n) is 47.2. The van der Waals surface area contributed by atoms with Gasteiger partial charge in [-0.1, -0.05) is 267 Å². The van der Waals surface area contributed by atoms with E-state index in [1.54, 1.807) is 0 Å². The highest BCUT2D eigenvalue weighted by Crippen LogP contribution is 2.53. The third-order valence-electron chi connectivity index (χ3n) is 19.1. The predicted octanol–water partition coefficient (Wildman–Crippen LogP) is 21.0. The number of fused-ring (bicyclic) bond motifs is 8. The quantitative estimate of drug-likeness (QED) is 0.139. The van der Waals surface area contributed by atoms with Crippen molar-refractivity contribution in [3.8, 4) is 44.8 Å². The van der Waals surface area contributed by atoms with E-state index in [1.165, 1.54) is 138 Å². The Morgan fingerprint density at radius 1 is 0.471 bits per heavy atom. The third-order valence-corrected chi connectivity index (χ3v) is 19.1. The fourth-order valence-electron chi connectivity index (χ4n) is 15.0. The lowest BCUT2D eigenvalue weighted by Crippen LogP contribution is -2.22. The minimum atomic E-state index is 0.0709. The largest absolute Gasteiger partial charge is 0.292 e. The summed E-state index contributed by atoms with van der Waals surface area (Å²) in [6, 6.07) is 69.3. The second kappa shape index (κ2) is 20.3. The van der Waals surface area contributed by atoms with Crippen LogP contribution < -0.4 is 0 Å². The summed E-state index contributed by atoms with van der Waals surface area (Å²) in [7, 11) is 0. The van der Waals surface area contributed by atoms with Gasteiger partial charge in [0, 0.05) is 29.2 Å². The molecule has 17 rings (SSSR count). The van der Waals surface area contributed by atoms with Crippen LogP contribution in [0.1, 0.15) is 64.4 Å². The highest BCUT2D eigenvalue weighted by molar-refractivity contribution is 6.21. The van der Waals surface area contributed by atoms with Crippen molar-refractivity contribution in [2.75, 3.05) is 0 Å². The Labute approximate surface area is 497 Å². The van der Waals surface area contributed by atoms with Gasteiger partial charge < -0.3 is 0 Å². The van der Waals surface area contributed by atoms with Gasteiger partial charge in [0.1, 0.15) is 5.82 Å². The zero-order chi connectivity index (χ0) is 56.0. The summed E-state index contributed by atoms with van der Waals surface area (Å²) in [5.74, 6) is 2.03. The van der Waals surface area contributed by atoms with Crippen molar-refractivity contribution in [2.24, 2.45) is 17.8 Å². The number of benzene rings is 9. The molecule has 85 heavy (non-hydrogen) atoms. The Bertz CT molecular complexity index is 4850. The lowest BCUT2D eigenvalue weighted by molar-refractivity contribution is 0.649. The van der Waals surface area contributed by atoms with Crippen LogP contribution in [0.3, 0.4) is 0 Å². The first-order valence-corrected chi connectivity index (χ1v) is 30.4.